The van der Waals surface area contributed by atoms with Crippen LogP contribution in [0, 0.1) is 0 Å². The molecule has 36 heavy (non-hydrogen) atoms. The third-order valence-corrected chi connectivity index (χ3v) is 7.77. The predicted octanol–water partition coefficient (Wildman–Crippen LogP) is -3.96. The van der Waals surface area contributed by atoms with E-state index in [9.17, 15) is 20.4 Å². The Balaban J connectivity index is 1.79. The number of aliphatic hydroxyl groups is 4. The SMILES string of the molecule is CNCC1CCC(NC)C(OC2C(NC)CC(NC)C(OC3OC(CO)C(O)C(NC)C3O)C2O)O1. The highest BCUT2D eigenvalue weighted by Gasteiger charge is 2.51. The molecular weight excluding hydrogens is 474 g/mol. The Hall–Kier alpha value is -0.520. The molecule has 0 radical (unpaired) electrons. The normalized spacial score (nSPS) is 46.1. The molecule has 2 heterocycles. The quantitative estimate of drug-likeness (QED) is 0.129. The fourth-order valence-corrected chi connectivity index (χ4v) is 5.61. The van der Waals surface area contributed by atoms with Crippen LogP contribution >= 0.6 is 0 Å². The van der Waals surface area contributed by atoms with Gasteiger partial charge in [0.25, 0.3) is 0 Å². The lowest BCUT2D eigenvalue weighted by Gasteiger charge is -2.49. The first-order valence-electron chi connectivity index (χ1n) is 12.9. The average molecular weight is 522 g/mol. The van der Waals surface area contributed by atoms with Gasteiger partial charge in [0.15, 0.2) is 12.6 Å². The Morgan fingerprint density at radius 2 is 1.33 bits per heavy atom. The van der Waals surface area contributed by atoms with Crippen LogP contribution in [0.25, 0.3) is 0 Å². The summed E-state index contributed by atoms with van der Waals surface area (Å²) in [5, 5.41) is 58.1. The van der Waals surface area contributed by atoms with Crippen molar-refractivity contribution in [2.24, 2.45) is 0 Å². The van der Waals surface area contributed by atoms with Gasteiger partial charge in [-0.25, -0.2) is 0 Å². The number of ether oxygens (including phenoxy) is 4. The summed E-state index contributed by atoms with van der Waals surface area (Å²) in [6.45, 7) is 0.258. The van der Waals surface area contributed by atoms with Crippen LogP contribution in [-0.4, -0.2) is 148 Å². The maximum absolute atomic E-state index is 11.5. The second kappa shape index (κ2) is 14.0. The molecule has 13 nitrogen and oxygen atoms in total. The van der Waals surface area contributed by atoms with E-state index >= 15 is 0 Å². The molecule has 0 bridgehead atoms. The van der Waals surface area contributed by atoms with E-state index in [1.54, 1.807) is 14.1 Å². The monoisotopic (exact) mass is 521 g/mol. The Bertz CT molecular complexity index is 654. The first-order chi connectivity index (χ1) is 17.3. The molecule has 2 aliphatic heterocycles. The lowest BCUT2D eigenvalue weighted by atomic mass is 9.83. The highest BCUT2D eigenvalue weighted by atomic mass is 16.7. The molecule has 3 rings (SSSR count). The third kappa shape index (κ3) is 6.54. The van der Waals surface area contributed by atoms with E-state index < -0.39 is 61.9 Å². The Labute approximate surface area is 213 Å². The summed E-state index contributed by atoms with van der Waals surface area (Å²) in [6.07, 6.45) is -5.27. The molecular formula is C23H47N5O8. The van der Waals surface area contributed by atoms with E-state index in [1.807, 2.05) is 21.1 Å². The number of likely N-dealkylation sites (N-methyl/N-ethyl adjacent to an activating group) is 5. The van der Waals surface area contributed by atoms with Crippen molar-refractivity contribution < 1.29 is 39.4 Å². The Morgan fingerprint density at radius 1 is 0.722 bits per heavy atom. The molecule has 0 aromatic heterocycles. The van der Waals surface area contributed by atoms with E-state index in [2.05, 4.69) is 26.6 Å². The van der Waals surface area contributed by atoms with Crippen LogP contribution in [0.1, 0.15) is 19.3 Å². The van der Waals surface area contributed by atoms with Gasteiger partial charge in [-0.3, -0.25) is 0 Å². The van der Waals surface area contributed by atoms with Gasteiger partial charge >= 0.3 is 0 Å². The van der Waals surface area contributed by atoms with Gasteiger partial charge in [-0.05, 0) is 54.5 Å². The first-order valence-corrected chi connectivity index (χ1v) is 12.9. The van der Waals surface area contributed by atoms with E-state index in [-0.39, 0.29) is 24.2 Å². The molecule has 0 spiro atoms. The van der Waals surface area contributed by atoms with E-state index in [0.717, 1.165) is 12.8 Å². The van der Waals surface area contributed by atoms with Gasteiger partial charge in [-0.1, -0.05) is 0 Å². The van der Waals surface area contributed by atoms with Gasteiger partial charge in [0.2, 0.25) is 0 Å². The zero-order chi connectivity index (χ0) is 26.4. The van der Waals surface area contributed by atoms with Crippen molar-refractivity contribution in [2.45, 2.75) is 98.7 Å². The topological polar surface area (TPSA) is 178 Å². The van der Waals surface area contributed by atoms with E-state index in [4.69, 9.17) is 18.9 Å². The molecule has 0 aromatic rings. The number of hydrogen-bond donors (Lipinski definition) is 9. The number of aliphatic hydroxyl groups excluding tert-OH is 4. The maximum atomic E-state index is 11.5. The van der Waals surface area contributed by atoms with Gasteiger partial charge in [-0.15, -0.1) is 0 Å². The van der Waals surface area contributed by atoms with Crippen molar-refractivity contribution in [3.05, 3.63) is 0 Å². The van der Waals surface area contributed by atoms with Crippen LogP contribution in [0.4, 0.5) is 0 Å². The number of nitrogens with one attached hydrogen (secondary N) is 5. The summed E-state index contributed by atoms with van der Waals surface area (Å²) in [5.41, 5.74) is 0. The molecule has 212 valence electrons. The summed E-state index contributed by atoms with van der Waals surface area (Å²) >= 11 is 0. The molecule has 3 fully saturated rings. The average Bonchev–Trinajstić information content (AvgIpc) is 2.88. The molecule has 13 atom stereocenters. The minimum Gasteiger partial charge on any atom is -0.394 e. The molecule has 9 N–H and O–H groups in total. The molecule has 13 unspecified atom stereocenters. The number of hydrogen-bond acceptors (Lipinski definition) is 13. The van der Waals surface area contributed by atoms with Gasteiger partial charge in [0.1, 0.15) is 36.6 Å². The van der Waals surface area contributed by atoms with Crippen LogP contribution < -0.4 is 26.6 Å². The Morgan fingerprint density at radius 3 is 1.86 bits per heavy atom. The van der Waals surface area contributed by atoms with Gasteiger partial charge in [-0.2, -0.15) is 0 Å². The van der Waals surface area contributed by atoms with Crippen LogP contribution in [0.2, 0.25) is 0 Å². The molecule has 0 amide bonds. The summed E-state index contributed by atoms with van der Waals surface area (Å²) in [7, 11) is 8.95. The minimum atomic E-state index is -1.23. The fourth-order valence-electron chi connectivity index (χ4n) is 5.61. The van der Waals surface area contributed by atoms with Gasteiger partial charge < -0.3 is 66.0 Å². The van der Waals surface area contributed by atoms with Crippen molar-refractivity contribution in [3.63, 3.8) is 0 Å². The summed E-state index contributed by atoms with van der Waals surface area (Å²) in [5.74, 6) is 0. The smallest absolute Gasteiger partial charge is 0.186 e. The molecule has 1 saturated carbocycles. The van der Waals surface area contributed by atoms with E-state index in [0.29, 0.717) is 13.0 Å². The van der Waals surface area contributed by atoms with Crippen LogP contribution in [-0.2, 0) is 18.9 Å². The van der Waals surface area contributed by atoms with Crippen molar-refractivity contribution in [3.8, 4) is 0 Å². The van der Waals surface area contributed by atoms with Crippen LogP contribution in [0.5, 0.6) is 0 Å². The minimum absolute atomic E-state index is 0.00146. The molecule has 0 aromatic carbocycles. The van der Waals surface area contributed by atoms with Crippen LogP contribution in [0.3, 0.4) is 0 Å². The van der Waals surface area contributed by atoms with Gasteiger partial charge in [0, 0.05) is 18.6 Å². The standard InChI is InChI=1S/C23H47N5O8/c1-24-9-11-6-7-12(25-2)22(33-11)35-20-13(26-3)8-14(27-4)21(19(20)32)36-23-18(31)16(28-5)17(30)15(10-29)34-23/h11-32H,6-10H2,1-5H3. The molecule has 13 heteroatoms. The summed E-state index contributed by atoms with van der Waals surface area (Å²) < 4.78 is 24.5. The zero-order valence-corrected chi connectivity index (χ0v) is 22.0. The maximum Gasteiger partial charge on any atom is 0.186 e. The van der Waals surface area contributed by atoms with Gasteiger partial charge in [0.05, 0.1) is 24.8 Å². The van der Waals surface area contributed by atoms with Crippen molar-refractivity contribution in [2.75, 3.05) is 48.4 Å². The molecule has 3 aliphatic rings. The van der Waals surface area contributed by atoms with Crippen molar-refractivity contribution in [1.82, 2.24) is 26.6 Å². The first kappa shape index (κ1) is 30.0. The second-order valence-electron chi connectivity index (χ2n) is 9.90. The lowest BCUT2D eigenvalue weighted by molar-refractivity contribution is -0.316. The van der Waals surface area contributed by atoms with Crippen molar-refractivity contribution >= 4 is 0 Å². The largest absolute Gasteiger partial charge is 0.394 e. The second-order valence-corrected chi connectivity index (χ2v) is 9.90. The molecule has 2 saturated heterocycles. The van der Waals surface area contributed by atoms with E-state index in [1.165, 1.54) is 0 Å². The van der Waals surface area contributed by atoms with Crippen LogP contribution in [0.15, 0.2) is 0 Å². The fraction of sp³-hybridized carbons (Fsp3) is 1.00. The summed E-state index contributed by atoms with van der Waals surface area (Å²) in [6, 6.07) is -1.29. The number of rotatable bonds is 11. The third-order valence-electron chi connectivity index (χ3n) is 7.77. The predicted molar refractivity (Wildman–Crippen MR) is 131 cm³/mol. The lowest BCUT2D eigenvalue weighted by Crippen LogP contribution is -2.68. The highest BCUT2D eigenvalue weighted by Crippen LogP contribution is 2.32. The zero-order valence-electron chi connectivity index (χ0n) is 22.0. The highest BCUT2D eigenvalue weighted by molar-refractivity contribution is 5.02. The Kier molecular flexibility index (Phi) is 11.7. The van der Waals surface area contributed by atoms with Crippen molar-refractivity contribution in [1.29, 1.82) is 0 Å². The summed E-state index contributed by atoms with van der Waals surface area (Å²) in [4.78, 5) is 0. The molecule has 1 aliphatic carbocycles.